The first-order chi connectivity index (χ1) is 11.4. The van der Waals surface area contributed by atoms with Gasteiger partial charge in [-0.15, -0.1) is 0 Å². The number of likely N-dealkylation sites (N-methyl/N-ethyl adjacent to an activating group) is 1. The lowest BCUT2D eigenvalue weighted by atomic mass is 9.88. The minimum atomic E-state index is -0.248. The number of amides is 2. The molecule has 24 heavy (non-hydrogen) atoms. The predicted molar refractivity (Wildman–Crippen MR) is 92.6 cm³/mol. The molecule has 0 spiro atoms. The molecule has 0 aromatic heterocycles. The molecule has 1 aliphatic rings. The molecule has 0 radical (unpaired) electrons. The Morgan fingerprint density at radius 3 is 2.50 bits per heavy atom. The number of benzene rings is 1. The Morgan fingerprint density at radius 2 is 1.92 bits per heavy atom. The minimum Gasteiger partial charge on any atom is -0.381 e. The summed E-state index contributed by atoms with van der Waals surface area (Å²) in [6.07, 6.45) is 2.48. The molecule has 2 amide bonds. The van der Waals surface area contributed by atoms with Crippen LogP contribution in [-0.4, -0.2) is 56.4 Å². The summed E-state index contributed by atoms with van der Waals surface area (Å²) >= 11 is 0. The number of carbonyl (C=O) groups excluding carboxylic acids is 1. The zero-order chi connectivity index (χ0) is 17.6. The van der Waals surface area contributed by atoms with Crippen LogP contribution in [0.4, 0.5) is 9.18 Å². The smallest absolute Gasteiger partial charge is 0.315 e. The van der Waals surface area contributed by atoms with E-state index in [0.717, 1.165) is 31.6 Å². The first kappa shape index (κ1) is 18.7. The Balaban J connectivity index is 1.80. The molecule has 6 heteroatoms. The van der Waals surface area contributed by atoms with Crippen LogP contribution in [0, 0.1) is 5.82 Å². The largest absolute Gasteiger partial charge is 0.381 e. The number of urea groups is 1. The number of hydrogen-bond acceptors (Lipinski definition) is 3. The number of hydrogen-bond donors (Lipinski definition) is 2. The molecule has 0 saturated carbocycles. The third-order valence-electron chi connectivity index (χ3n) is 4.78. The van der Waals surface area contributed by atoms with Crippen LogP contribution in [0.2, 0.25) is 0 Å². The summed E-state index contributed by atoms with van der Waals surface area (Å²) in [5, 5.41) is 5.94. The van der Waals surface area contributed by atoms with E-state index in [1.807, 2.05) is 21.0 Å². The van der Waals surface area contributed by atoms with E-state index in [4.69, 9.17) is 4.74 Å². The number of rotatable bonds is 6. The van der Waals surface area contributed by atoms with Crippen LogP contribution in [0.15, 0.2) is 24.3 Å². The van der Waals surface area contributed by atoms with Crippen molar-refractivity contribution in [3.63, 3.8) is 0 Å². The van der Waals surface area contributed by atoms with Crippen LogP contribution in [0.25, 0.3) is 0 Å². The summed E-state index contributed by atoms with van der Waals surface area (Å²) in [6.45, 7) is 3.99. The van der Waals surface area contributed by atoms with Crippen LogP contribution < -0.4 is 10.6 Å². The number of ether oxygens (including phenoxy) is 1. The van der Waals surface area contributed by atoms with Crippen molar-refractivity contribution in [3.05, 3.63) is 35.6 Å². The lowest BCUT2D eigenvalue weighted by Gasteiger charge is -2.42. The van der Waals surface area contributed by atoms with Gasteiger partial charge >= 0.3 is 6.03 Å². The van der Waals surface area contributed by atoms with E-state index in [1.54, 1.807) is 12.1 Å². The maximum Gasteiger partial charge on any atom is 0.315 e. The molecule has 2 N–H and O–H groups in total. The third kappa shape index (κ3) is 5.18. The molecule has 5 nitrogen and oxygen atoms in total. The molecule has 1 aliphatic heterocycles. The van der Waals surface area contributed by atoms with Gasteiger partial charge in [-0.05, 0) is 58.0 Å². The molecule has 2 rings (SSSR count). The maximum absolute atomic E-state index is 12.9. The first-order valence-electron chi connectivity index (χ1n) is 8.45. The van der Waals surface area contributed by atoms with Crippen molar-refractivity contribution in [1.29, 1.82) is 0 Å². The van der Waals surface area contributed by atoms with E-state index in [9.17, 15) is 9.18 Å². The van der Waals surface area contributed by atoms with Gasteiger partial charge in [-0.1, -0.05) is 12.1 Å². The molecule has 134 valence electrons. The molecule has 0 unspecified atom stereocenters. The highest BCUT2D eigenvalue weighted by atomic mass is 19.1. The lowest BCUT2D eigenvalue weighted by Crippen LogP contribution is -2.57. The quantitative estimate of drug-likeness (QED) is 0.836. The SMILES string of the molecule is C[C@H](Cc1ccc(F)cc1)NC(=O)NCC1(N(C)C)CCOCC1. The van der Waals surface area contributed by atoms with Crippen molar-refractivity contribution in [2.75, 3.05) is 33.9 Å². The number of carbonyl (C=O) groups is 1. The molecular weight excluding hydrogens is 309 g/mol. The van der Waals surface area contributed by atoms with Gasteiger partial charge in [-0.25, -0.2) is 9.18 Å². The fourth-order valence-electron chi connectivity index (χ4n) is 3.08. The minimum absolute atomic E-state index is 0.0274. The van der Waals surface area contributed by atoms with Crippen molar-refractivity contribution < 1.29 is 13.9 Å². The van der Waals surface area contributed by atoms with E-state index in [1.165, 1.54) is 12.1 Å². The maximum atomic E-state index is 12.9. The van der Waals surface area contributed by atoms with E-state index >= 15 is 0 Å². The summed E-state index contributed by atoms with van der Waals surface area (Å²) in [4.78, 5) is 14.4. The van der Waals surface area contributed by atoms with Crippen molar-refractivity contribution in [1.82, 2.24) is 15.5 Å². The third-order valence-corrected chi connectivity index (χ3v) is 4.78. The molecule has 1 saturated heterocycles. The van der Waals surface area contributed by atoms with Gasteiger partial charge in [0.25, 0.3) is 0 Å². The highest BCUT2D eigenvalue weighted by molar-refractivity contribution is 5.74. The van der Waals surface area contributed by atoms with E-state index < -0.39 is 0 Å². The zero-order valence-corrected chi connectivity index (χ0v) is 14.8. The van der Waals surface area contributed by atoms with Crippen LogP contribution >= 0.6 is 0 Å². The van der Waals surface area contributed by atoms with Gasteiger partial charge in [0.2, 0.25) is 0 Å². The summed E-state index contributed by atoms with van der Waals surface area (Å²) < 4.78 is 18.4. The fourth-order valence-corrected chi connectivity index (χ4v) is 3.08. The highest BCUT2D eigenvalue weighted by Crippen LogP contribution is 2.24. The second-order valence-electron chi connectivity index (χ2n) is 6.79. The van der Waals surface area contributed by atoms with Crippen molar-refractivity contribution in [3.8, 4) is 0 Å². The van der Waals surface area contributed by atoms with Crippen LogP contribution in [0.1, 0.15) is 25.3 Å². The summed E-state index contributed by atoms with van der Waals surface area (Å²) in [7, 11) is 4.09. The highest BCUT2D eigenvalue weighted by Gasteiger charge is 2.35. The molecule has 1 atom stereocenters. The number of nitrogens with one attached hydrogen (secondary N) is 2. The number of nitrogens with zero attached hydrogens (tertiary/aromatic N) is 1. The standard InChI is InChI=1S/C18H28FN3O2/c1-14(12-15-4-6-16(19)7-5-15)21-17(23)20-13-18(22(2)3)8-10-24-11-9-18/h4-7,14H,8-13H2,1-3H3,(H2,20,21,23)/t14-/m1/s1. The number of halogens is 1. The molecule has 0 aliphatic carbocycles. The summed E-state index contributed by atoms with van der Waals surface area (Å²) in [6, 6.07) is 6.17. The summed E-state index contributed by atoms with van der Waals surface area (Å²) in [5.41, 5.74) is 0.953. The van der Waals surface area contributed by atoms with Crippen LogP contribution in [0.5, 0.6) is 0 Å². The Kier molecular flexibility index (Phi) is 6.57. The fraction of sp³-hybridized carbons (Fsp3) is 0.611. The second kappa shape index (κ2) is 8.44. The van der Waals surface area contributed by atoms with Gasteiger partial charge in [-0.3, -0.25) is 0 Å². The average Bonchev–Trinajstić information content (AvgIpc) is 2.56. The van der Waals surface area contributed by atoms with Gasteiger partial charge in [0.05, 0.1) is 0 Å². The van der Waals surface area contributed by atoms with Gasteiger partial charge < -0.3 is 20.3 Å². The van der Waals surface area contributed by atoms with Crippen molar-refractivity contribution in [2.45, 2.75) is 37.8 Å². The van der Waals surface area contributed by atoms with E-state index in [2.05, 4.69) is 15.5 Å². The van der Waals surface area contributed by atoms with E-state index in [0.29, 0.717) is 13.0 Å². The van der Waals surface area contributed by atoms with E-state index in [-0.39, 0.29) is 23.4 Å². The Hall–Kier alpha value is -1.66. The lowest BCUT2D eigenvalue weighted by molar-refractivity contribution is -0.00574. The van der Waals surface area contributed by atoms with Crippen LogP contribution in [-0.2, 0) is 11.2 Å². The van der Waals surface area contributed by atoms with Gasteiger partial charge in [-0.2, -0.15) is 0 Å². The van der Waals surface area contributed by atoms with Crippen molar-refractivity contribution in [2.24, 2.45) is 0 Å². The molecule has 1 aromatic rings. The average molecular weight is 337 g/mol. The monoisotopic (exact) mass is 337 g/mol. The summed E-state index contributed by atoms with van der Waals surface area (Å²) in [5.74, 6) is -0.248. The molecule has 1 fully saturated rings. The van der Waals surface area contributed by atoms with Gasteiger partial charge in [0.1, 0.15) is 5.82 Å². The topological polar surface area (TPSA) is 53.6 Å². The van der Waals surface area contributed by atoms with Crippen LogP contribution in [0.3, 0.4) is 0 Å². The van der Waals surface area contributed by atoms with Crippen molar-refractivity contribution >= 4 is 6.03 Å². The Labute approximate surface area is 143 Å². The van der Waals surface area contributed by atoms with Gasteiger partial charge in [0.15, 0.2) is 0 Å². The predicted octanol–water partition coefficient (Wildman–Crippen LogP) is 2.17. The Bertz CT molecular complexity index is 528. The second-order valence-corrected chi connectivity index (χ2v) is 6.79. The Morgan fingerprint density at radius 1 is 1.29 bits per heavy atom. The van der Waals surface area contributed by atoms with Gasteiger partial charge in [0, 0.05) is 31.3 Å². The molecule has 1 aromatic carbocycles. The molecular formula is C18H28FN3O2. The zero-order valence-electron chi connectivity index (χ0n) is 14.8. The molecule has 1 heterocycles. The normalized spacial score (nSPS) is 18.2. The first-order valence-corrected chi connectivity index (χ1v) is 8.45. The molecule has 0 bridgehead atoms.